The lowest BCUT2D eigenvalue weighted by Gasteiger charge is -2.23. The van der Waals surface area contributed by atoms with E-state index in [0.29, 0.717) is 13.0 Å². The van der Waals surface area contributed by atoms with Gasteiger partial charge in [0.25, 0.3) is 0 Å². The minimum absolute atomic E-state index is 0.0369. The van der Waals surface area contributed by atoms with Crippen molar-refractivity contribution in [3.05, 3.63) is 29.6 Å². The molecule has 0 fully saturated rings. The molecule has 18 heavy (non-hydrogen) atoms. The Balaban J connectivity index is 2.72. The van der Waals surface area contributed by atoms with Crippen LogP contribution in [0.3, 0.4) is 0 Å². The van der Waals surface area contributed by atoms with E-state index in [-0.39, 0.29) is 23.7 Å². The summed E-state index contributed by atoms with van der Waals surface area (Å²) < 4.78 is 23.9. The van der Waals surface area contributed by atoms with Crippen LogP contribution in [0.2, 0.25) is 0 Å². The molecule has 0 spiro atoms. The molecule has 0 saturated heterocycles. The van der Waals surface area contributed by atoms with Crippen LogP contribution in [-0.2, 0) is 11.2 Å². The van der Waals surface area contributed by atoms with E-state index in [9.17, 15) is 4.39 Å². The van der Waals surface area contributed by atoms with Crippen LogP contribution in [0.15, 0.2) is 18.2 Å². The van der Waals surface area contributed by atoms with Gasteiger partial charge in [0.1, 0.15) is 0 Å². The molecule has 5 heteroatoms. The number of benzene rings is 1. The van der Waals surface area contributed by atoms with Gasteiger partial charge in [-0.1, -0.05) is 6.07 Å². The summed E-state index contributed by atoms with van der Waals surface area (Å²) in [4.78, 5) is 0. The van der Waals surface area contributed by atoms with E-state index in [1.165, 1.54) is 13.2 Å². The Labute approximate surface area is 107 Å². The summed E-state index contributed by atoms with van der Waals surface area (Å²) in [5, 5.41) is 0. The third-order valence-corrected chi connectivity index (χ3v) is 2.88. The van der Waals surface area contributed by atoms with E-state index >= 15 is 0 Å². The second kappa shape index (κ2) is 7.31. The van der Waals surface area contributed by atoms with Crippen molar-refractivity contribution in [3.63, 3.8) is 0 Å². The molecule has 0 aliphatic heterocycles. The molecule has 2 atom stereocenters. The van der Waals surface area contributed by atoms with Crippen molar-refractivity contribution in [2.24, 2.45) is 5.84 Å². The van der Waals surface area contributed by atoms with Gasteiger partial charge >= 0.3 is 0 Å². The van der Waals surface area contributed by atoms with E-state index in [2.05, 4.69) is 5.43 Å². The molecule has 0 aromatic heterocycles. The number of hydrazine groups is 1. The average molecular weight is 256 g/mol. The summed E-state index contributed by atoms with van der Waals surface area (Å²) in [6, 6.07) is 4.84. The highest BCUT2D eigenvalue weighted by Crippen LogP contribution is 2.19. The molecule has 0 radical (unpaired) electrons. The van der Waals surface area contributed by atoms with Crippen molar-refractivity contribution in [3.8, 4) is 5.75 Å². The first-order valence-corrected chi connectivity index (χ1v) is 6.02. The number of hydrogen-bond acceptors (Lipinski definition) is 4. The summed E-state index contributed by atoms with van der Waals surface area (Å²) >= 11 is 0. The summed E-state index contributed by atoms with van der Waals surface area (Å²) in [7, 11) is 1.44. The number of nitrogens with two attached hydrogens (primary N) is 1. The van der Waals surface area contributed by atoms with Crippen molar-refractivity contribution in [1.82, 2.24) is 5.43 Å². The zero-order chi connectivity index (χ0) is 13.5. The summed E-state index contributed by atoms with van der Waals surface area (Å²) in [6.07, 6.45) is 0.559. The molecule has 0 saturated carbocycles. The quantitative estimate of drug-likeness (QED) is 0.575. The van der Waals surface area contributed by atoms with E-state index in [0.717, 1.165) is 5.56 Å². The first-order chi connectivity index (χ1) is 8.62. The smallest absolute Gasteiger partial charge is 0.165 e. The maximum absolute atomic E-state index is 13.5. The molecule has 3 N–H and O–H groups in total. The molecule has 0 bridgehead atoms. The van der Waals surface area contributed by atoms with Crippen LogP contribution in [0.1, 0.15) is 19.4 Å². The molecule has 0 amide bonds. The average Bonchev–Trinajstić information content (AvgIpc) is 2.36. The largest absolute Gasteiger partial charge is 0.494 e. The molecular weight excluding hydrogens is 235 g/mol. The monoisotopic (exact) mass is 256 g/mol. The first kappa shape index (κ1) is 14.9. The summed E-state index contributed by atoms with van der Waals surface area (Å²) in [5.74, 6) is 5.38. The maximum atomic E-state index is 13.5. The topological polar surface area (TPSA) is 56.5 Å². The van der Waals surface area contributed by atoms with Crippen molar-refractivity contribution < 1.29 is 13.9 Å². The highest BCUT2D eigenvalue weighted by Gasteiger charge is 2.17. The molecule has 0 aliphatic carbocycles. The van der Waals surface area contributed by atoms with E-state index < -0.39 is 0 Å². The van der Waals surface area contributed by atoms with E-state index in [1.807, 2.05) is 19.9 Å². The predicted molar refractivity (Wildman–Crippen MR) is 68.9 cm³/mol. The van der Waals surface area contributed by atoms with Crippen LogP contribution < -0.4 is 16.0 Å². The minimum Gasteiger partial charge on any atom is -0.494 e. The molecule has 102 valence electrons. The molecule has 1 rings (SSSR count). The highest BCUT2D eigenvalue weighted by atomic mass is 19.1. The second-order valence-electron chi connectivity index (χ2n) is 4.11. The minimum atomic E-state index is -0.366. The van der Waals surface area contributed by atoms with Crippen LogP contribution in [0, 0.1) is 5.82 Å². The third-order valence-electron chi connectivity index (χ3n) is 2.88. The van der Waals surface area contributed by atoms with Crippen molar-refractivity contribution >= 4 is 0 Å². The zero-order valence-corrected chi connectivity index (χ0v) is 11.1. The number of rotatable bonds is 7. The Kier molecular flexibility index (Phi) is 6.04. The zero-order valence-electron chi connectivity index (χ0n) is 11.1. The summed E-state index contributed by atoms with van der Waals surface area (Å²) in [6.45, 7) is 4.49. The fraction of sp³-hybridized carbons (Fsp3) is 0.538. The Morgan fingerprint density at radius 1 is 1.44 bits per heavy atom. The van der Waals surface area contributed by atoms with E-state index in [1.54, 1.807) is 6.07 Å². The van der Waals surface area contributed by atoms with Gasteiger partial charge in [0.15, 0.2) is 11.6 Å². The fourth-order valence-corrected chi connectivity index (χ4v) is 1.83. The second-order valence-corrected chi connectivity index (χ2v) is 4.11. The van der Waals surface area contributed by atoms with Gasteiger partial charge in [0.05, 0.1) is 19.3 Å². The van der Waals surface area contributed by atoms with Gasteiger partial charge in [0, 0.05) is 6.61 Å². The van der Waals surface area contributed by atoms with Crippen molar-refractivity contribution in [2.45, 2.75) is 32.4 Å². The van der Waals surface area contributed by atoms with Crippen LogP contribution in [-0.4, -0.2) is 25.9 Å². The summed E-state index contributed by atoms with van der Waals surface area (Å²) in [5.41, 5.74) is 3.55. The van der Waals surface area contributed by atoms with Gasteiger partial charge < -0.3 is 9.47 Å². The van der Waals surface area contributed by atoms with Gasteiger partial charge in [-0.15, -0.1) is 0 Å². The van der Waals surface area contributed by atoms with Gasteiger partial charge in [-0.25, -0.2) is 4.39 Å². The third kappa shape index (κ3) is 3.94. The van der Waals surface area contributed by atoms with Crippen LogP contribution in [0.5, 0.6) is 5.75 Å². The number of ether oxygens (including phenoxy) is 2. The first-order valence-electron chi connectivity index (χ1n) is 6.02. The Morgan fingerprint density at radius 3 is 2.67 bits per heavy atom. The Morgan fingerprint density at radius 2 is 2.17 bits per heavy atom. The van der Waals surface area contributed by atoms with Gasteiger partial charge in [0.2, 0.25) is 0 Å². The van der Waals surface area contributed by atoms with Crippen LogP contribution in [0.25, 0.3) is 0 Å². The number of nitrogens with one attached hydrogen (secondary N) is 1. The fourth-order valence-electron chi connectivity index (χ4n) is 1.83. The molecule has 4 nitrogen and oxygen atoms in total. The van der Waals surface area contributed by atoms with E-state index in [4.69, 9.17) is 15.3 Å². The normalized spacial score (nSPS) is 14.3. The number of halogens is 1. The number of hydrogen-bond donors (Lipinski definition) is 2. The molecule has 2 unspecified atom stereocenters. The van der Waals surface area contributed by atoms with Crippen LogP contribution in [0.4, 0.5) is 4.39 Å². The number of methoxy groups -OCH3 is 1. The van der Waals surface area contributed by atoms with Crippen LogP contribution >= 0.6 is 0 Å². The molecule has 0 aliphatic rings. The van der Waals surface area contributed by atoms with Crippen molar-refractivity contribution in [2.75, 3.05) is 13.7 Å². The predicted octanol–water partition coefficient (Wildman–Crippen LogP) is 1.63. The molecular formula is C13H21FN2O2. The van der Waals surface area contributed by atoms with Crippen molar-refractivity contribution in [1.29, 1.82) is 0 Å². The standard InChI is InChI=1S/C13H21FN2O2/c1-4-18-9(2)12(16-15)8-10-5-6-13(17-3)11(14)7-10/h5-7,9,12,16H,4,8,15H2,1-3H3. The lowest BCUT2D eigenvalue weighted by molar-refractivity contribution is 0.0476. The SMILES string of the molecule is CCOC(C)C(Cc1ccc(OC)c(F)c1)NN. The maximum Gasteiger partial charge on any atom is 0.165 e. The van der Waals surface area contributed by atoms with Gasteiger partial charge in [-0.05, 0) is 38.0 Å². The Bertz CT molecular complexity index is 374. The Hall–Kier alpha value is -1.17. The molecule has 0 heterocycles. The lowest BCUT2D eigenvalue weighted by Crippen LogP contribution is -2.45. The lowest BCUT2D eigenvalue weighted by atomic mass is 10.0. The molecule has 1 aromatic rings. The van der Waals surface area contributed by atoms with Gasteiger partial charge in [-0.3, -0.25) is 11.3 Å². The highest BCUT2D eigenvalue weighted by molar-refractivity contribution is 5.29. The van der Waals surface area contributed by atoms with Gasteiger partial charge in [-0.2, -0.15) is 0 Å². The molecule has 1 aromatic carbocycles.